The van der Waals surface area contributed by atoms with E-state index in [1.807, 2.05) is 0 Å². The summed E-state index contributed by atoms with van der Waals surface area (Å²) >= 11 is 0. The Bertz CT molecular complexity index is 329. The van der Waals surface area contributed by atoms with Gasteiger partial charge >= 0.3 is 0 Å². The minimum absolute atomic E-state index is 0.000185. The molecule has 0 aromatic carbocycles. The number of ketones is 1. The summed E-state index contributed by atoms with van der Waals surface area (Å²) < 4.78 is 0. The third-order valence-electron chi connectivity index (χ3n) is 1.85. The molecule has 0 atom stereocenters. The molecule has 5 heteroatoms. The van der Waals surface area contributed by atoms with Gasteiger partial charge in [0.25, 0.3) is 5.91 Å². The van der Waals surface area contributed by atoms with E-state index >= 15 is 0 Å². The zero-order valence-electron chi connectivity index (χ0n) is 7.33. The van der Waals surface area contributed by atoms with E-state index in [1.54, 1.807) is 0 Å². The molecule has 0 radical (unpaired) electrons. The van der Waals surface area contributed by atoms with Gasteiger partial charge in [-0.25, -0.2) is 0 Å². The average Bonchev–Trinajstić information content (AvgIpc) is 2.29. The summed E-state index contributed by atoms with van der Waals surface area (Å²) in [6.07, 6.45) is 0. The van der Waals surface area contributed by atoms with Crippen molar-refractivity contribution < 1.29 is 19.5 Å². The normalized spacial score (nSPS) is 16.8. The Kier molecular flexibility index (Phi) is 2.18. The average molecular weight is 183 g/mol. The van der Waals surface area contributed by atoms with Crippen LogP contribution >= 0.6 is 0 Å². The topological polar surface area (TPSA) is 74.7 Å². The van der Waals surface area contributed by atoms with E-state index in [4.69, 9.17) is 5.11 Å². The third kappa shape index (κ3) is 1.44. The SMILES string of the molecule is CC(=O)C1=C(O)C(=O)N(C(C)=O)C1. The van der Waals surface area contributed by atoms with Gasteiger partial charge in [0, 0.05) is 6.92 Å². The monoisotopic (exact) mass is 183 g/mol. The van der Waals surface area contributed by atoms with Crippen molar-refractivity contribution in [1.82, 2.24) is 4.90 Å². The largest absolute Gasteiger partial charge is 0.503 e. The molecule has 0 aromatic rings. The second kappa shape index (κ2) is 3.01. The zero-order valence-corrected chi connectivity index (χ0v) is 7.33. The van der Waals surface area contributed by atoms with Crippen LogP contribution in [0.15, 0.2) is 11.3 Å². The van der Waals surface area contributed by atoms with E-state index in [2.05, 4.69) is 0 Å². The van der Waals surface area contributed by atoms with Crippen molar-refractivity contribution in [3.63, 3.8) is 0 Å². The smallest absolute Gasteiger partial charge is 0.296 e. The standard InChI is InChI=1S/C8H9NO4/c1-4(10)6-3-9(5(2)11)8(13)7(6)12/h12H,3H2,1-2H3. The molecule has 13 heavy (non-hydrogen) atoms. The predicted octanol–water partition coefficient (Wildman–Crippen LogP) is -0.224. The lowest BCUT2D eigenvalue weighted by Crippen LogP contribution is -2.32. The number of imide groups is 1. The lowest BCUT2D eigenvalue weighted by atomic mass is 10.2. The van der Waals surface area contributed by atoms with Gasteiger partial charge in [-0.05, 0) is 6.92 Å². The van der Waals surface area contributed by atoms with Crippen LogP contribution in [0.5, 0.6) is 0 Å². The summed E-state index contributed by atoms with van der Waals surface area (Å²) in [5.74, 6) is -2.28. The first-order chi connectivity index (χ1) is 5.95. The molecule has 1 heterocycles. The Balaban J connectivity index is 2.99. The number of aliphatic hydroxyl groups excluding tert-OH is 1. The molecule has 0 aromatic heterocycles. The highest BCUT2D eigenvalue weighted by molar-refractivity contribution is 6.12. The Hall–Kier alpha value is -1.65. The van der Waals surface area contributed by atoms with Crippen molar-refractivity contribution in [2.45, 2.75) is 13.8 Å². The van der Waals surface area contributed by atoms with Gasteiger partial charge in [-0.2, -0.15) is 0 Å². The van der Waals surface area contributed by atoms with Crippen LogP contribution < -0.4 is 0 Å². The van der Waals surface area contributed by atoms with E-state index in [0.29, 0.717) is 0 Å². The number of amides is 2. The molecule has 0 bridgehead atoms. The molecule has 0 saturated carbocycles. The van der Waals surface area contributed by atoms with Gasteiger partial charge in [0.1, 0.15) is 0 Å². The Morgan fingerprint density at radius 1 is 1.38 bits per heavy atom. The van der Waals surface area contributed by atoms with Gasteiger partial charge in [0.2, 0.25) is 5.91 Å². The molecular formula is C8H9NO4. The van der Waals surface area contributed by atoms with Crippen molar-refractivity contribution in [2.75, 3.05) is 6.54 Å². The first-order valence-electron chi connectivity index (χ1n) is 3.70. The van der Waals surface area contributed by atoms with Gasteiger partial charge < -0.3 is 5.11 Å². The second-order valence-corrected chi connectivity index (χ2v) is 2.79. The fraction of sp³-hybridized carbons (Fsp3) is 0.375. The number of carbonyl (C=O) groups excluding carboxylic acids is 3. The van der Waals surface area contributed by atoms with E-state index in [-0.39, 0.29) is 12.1 Å². The number of carbonyl (C=O) groups is 3. The predicted molar refractivity (Wildman–Crippen MR) is 42.7 cm³/mol. The maximum Gasteiger partial charge on any atom is 0.296 e. The van der Waals surface area contributed by atoms with Crippen molar-refractivity contribution >= 4 is 17.6 Å². The molecule has 0 unspecified atom stereocenters. The maximum atomic E-state index is 11.1. The molecule has 0 fully saturated rings. The first kappa shape index (κ1) is 9.44. The first-order valence-corrected chi connectivity index (χ1v) is 3.70. The van der Waals surface area contributed by atoms with Gasteiger partial charge in [0.05, 0.1) is 12.1 Å². The van der Waals surface area contributed by atoms with Crippen LogP contribution in [0.2, 0.25) is 0 Å². The van der Waals surface area contributed by atoms with Gasteiger partial charge in [-0.1, -0.05) is 0 Å². The van der Waals surface area contributed by atoms with Crippen LogP contribution in [-0.4, -0.2) is 34.1 Å². The van der Waals surface area contributed by atoms with E-state index in [1.165, 1.54) is 13.8 Å². The Labute approximate surface area is 74.6 Å². The summed E-state index contributed by atoms with van der Waals surface area (Å²) in [6.45, 7) is 2.33. The lowest BCUT2D eigenvalue weighted by Gasteiger charge is -2.09. The minimum atomic E-state index is -0.794. The third-order valence-corrected chi connectivity index (χ3v) is 1.85. The molecule has 1 rings (SSSR count). The Morgan fingerprint density at radius 3 is 2.15 bits per heavy atom. The van der Waals surface area contributed by atoms with Crippen molar-refractivity contribution in [3.8, 4) is 0 Å². The van der Waals surface area contributed by atoms with Crippen LogP contribution in [-0.2, 0) is 14.4 Å². The summed E-state index contributed by atoms with van der Waals surface area (Å²) in [4.78, 5) is 33.6. The number of rotatable bonds is 1. The van der Waals surface area contributed by atoms with Gasteiger partial charge in [-0.15, -0.1) is 0 Å². The van der Waals surface area contributed by atoms with Crippen LogP contribution in [0.1, 0.15) is 13.8 Å². The number of aliphatic hydroxyl groups is 1. The maximum absolute atomic E-state index is 11.1. The van der Waals surface area contributed by atoms with Crippen molar-refractivity contribution in [3.05, 3.63) is 11.3 Å². The van der Waals surface area contributed by atoms with E-state index in [9.17, 15) is 14.4 Å². The highest BCUT2D eigenvalue weighted by Gasteiger charge is 2.34. The van der Waals surface area contributed by atoms with Crippen molar-refractivity contribution in [1.29, 1.82) is 0 Å². The highest BCUT2D eigenvalue weighted by Crippen LogP contribution is 2.17. The summed E-state index contributed by atoms with van der Waals surface area (Å²) in [6, 6.07) is 0. The van der Waals surface area contributed by atoms with Gasteiger partial charge in [0.15, 0.2) is 11.5 Å². The number of hydrogen-bond donors (Lipinski definition) is 1. The molecule has 0 spiro atoms. The summed E-state index contributed by atoms with van der Waals surface area (Å²) in [5.41, 5.74) is 0.000185. The van der Waals surface area contributed by atoms with Crippen LogP contribution in [0.4, 0.5) is 0 Å². The lowest BCUT2D eigenvalue weighted by molar-refractivity contribution is -0.140. The second-order valence-electron chi connectivity index (χ2n) is 2.79. The summed E-state index contributed by atoms with van der Waals surface area (Å²) in [5, 5.41) is 9.16. The van der Waals surface area contributed by atoms with Crippen LogP contribution in [0.3, 0.4) is 0 Å². The molecule has 1 aliphatic rings. The van der Waals surface area contributed by atoms with E-state index in [0.717, 1.165) is 4.90 Å². The van der Waals surface area contributed by atoms with Crippen LogP contribution in [0, 0.1) is 0 Å². The molecule has 1 aliphatic heterocycles. The van der Waals surface area contributed by atoms with Gasteiger partial charge in [-0.3, -0.25) is 19.3 Å². The van der Waals surface area contributed by atoms with Crippen LogP contribution in [0.25, 0.3) is 0 Å². The fourth-order valence-corrected chi connectivity index (χ4v) is 1.09. The quantitative estimate of drug-likeness (QED) is 0.609. The van der Waals surface area contributed by atoms with Crippen molar-refractivity contribution in [2.24, 2.45) is 0 Å². The summed E-state index contributed by atoms with van der Waals surface area (Å²) in [7, 11) is 0. The van der Waals surface area contributed by atoms with E-state index < -0.39 is 23.4 Å². The molecule has 2 amide bonds. The molecule has 0 saturated heterocycles. The molecular weight excluding hydrogens is 174 g/mol. The highest BCUT2D eigenvalue weighted by atomic mass is 16.3. The minimum Gasteiger partial charge on any atom is -0.503 e. The molecule has 1 N–H and O–H groups in total. The fourth-order valence-electron chi connectivity index (χ4n) is 1.09. The Morgan fingerprint density at radius 2 is 1.92 bits per heavy atom. The number of hydrogen-bond acceptors (Lipinski definition) is 4. The zero-order chi connectivity index (χ0) is 10.2. The molecule has 70 valence electrons. The number of Topliss-reactive ketones (excluding diaryl/α,β-unsaturated/α-hetero) is 1. The molecule has 0 aliphatic carbocycles. The molecule has 5 nitrogen and oxygen atoms in total. The number of nitrogens with zero attached hydrogens (tertiary/aromatic N) is 1.